The van der Waals surface area contributed by atoms with Gasteiger partial charge in [-0.25, -0.2) is 0 Å². The molecule has 1 saturated heterocycles. The van der Waals surface area contributed by atoms with Crippen molar-refractivity contribution >= 4 is 17.0 Å². The highest BCUT2D eigenvalue weighted by Crippen LogP contribution is 2.55. The van der Waals surface area contributed by atoms with E-state index in [1.54, 1.807) is 0 Å². The molecular weight excluding hydrogens is 314 g/mol. The van der Waals surface area contributed by atoms with Crippen molar-refractivity contribution in [3.63, 3.8) is 0 Å². The van der Waals surface area contributed by atoms with E-state index in [0.29, 0.717) is 11.2 Å². The Morgan fingerprint density at radius 1 is 1.25 bits per heavy atom. The Labute approximate surface area is 131 Å². The van der Waals surface area contributed by atoms with E-state index >= 15 is 0 Å². The van der Waals surface area contributed by atoms with E-state index < -0.39 is 0 Å². The lowest BCUT2D eigenvalue weighted by atomic mass is 9.52. The topological polar surface area (TPSA) is 23.5 Å². The van der Waals surface area contributed by atoms with Gasteiger partial charge in [-0.15, -0.1) is 17.0 Å². The first kappa shape index (κ1) is 14.4. The summed E-state index contributed by atoms with van der Waals surface area (Å²) in [5.74, 6) is 1.27. The van der Waals surface area contributed by atoms with Gasteiger partial charge in [0.25, 0.3) is 0 Å². The van der Waals surface area contributed by atoms with Crippen LogP contribution in [0.15, 0.2) is 18.2 Å². The van der Waals surface area contributed by atoms with Gasteiger partial charge in [0.1, 0.15) is 5.75 Å². The van der Waals surface area contributed by atoms with Crippen LogP contribution in [-0.4, -0.2) is 29.6 Å². The summed E-state index contributed by atoms with van der Waals surface area (Å²) in [5.41, 5.74) is 3.36. The molecule has 2 bridgehead atoms. The maximum atomic E-state index is 9.91. The molecule has 1 aliphatic heterocycles. The van der Waals surface area contributed by atoms with Crippen LogP contribution < -0.4 is 0 Å². The molecule has 20 heavy (non-hydrogen) atoms. The van der Waals surface area contributed by atoms with Gasteiger partial charge < -0.3 is 10.0 Å². The fourth-order valence-electron chi connectivity index (χ4n) is 5.18. The highest BCUT2D eigenvalue weighted by molar-refractivity contribution is 8.93. The SMILES string of the molecule is Br.CN1CCC23CCCCC2C1Cc1ccc(O)cc13. The molecule has 2 nitrogen and oxygen atoms in total. The fourth-order valence-corrected chi connectivity index (χ4v) is 5.18. The van der Waals surface area contributed by atoms with Gasteiger partial charge in [0.15, 0.2) is 0 Å². The second kappa shape index (κ2) is 5.03. The Kier molecular flexibility index (Phi) is 3.62. The molecule has 3 aliphatic rings. The van der Waals surface area contributed by atoms with E-state index in [-0.39, 0.29) is 17.0 Å². The van der Waals surface area contributed by atoms with E-state index in [4.69, 9.17) is 0 Å². The van der Waals surface area contributed by atoms with Gasteiger partial charge in [-0.3, -0.25) is 0 Å². The van der Waals surface area contributed by atoms with Crippen molar-refractivity contribution in [1.82, 2.24) is 4.90 Å². The van der Waals surface area contributed by atoms with Crippen molar-refractivity contribution in [2.24, 2.45) is 5.92 Å². The molecule has 0 radical (unpaired) electrons. The number of halogens is 1. The monoisotopic (exact) mass is 337 g/mol. The van der Waals surface area contributed by atoms with E-state index in [2.05, 4.69) is 24.1 Å². The number of aromatic hydroxyl groups is 1. The number of rotatable bonds is 0. The summed E-state index contributed by atoms with van der Waals surface area (Å²) in [6.07, 6.45) is 7.93. The van der Waals surface area contributed by atoms with E-state index in [9.17, 15) is 5.11 Å². The summed E-state index contributed by atoms with van der Waals surface area (Å²) in [7, 11) is 2.30. The molecule has 1 saturated carbocycles. The zero-order chi connectivity index (χ0) is 13.0. The third-order valence-electron chi connectivity index (χ3n) is 6.10. The van der Waals surface area contributed by atoms with Crippen LogP contribution in [-0.2, 0) is 11.8 Å². The van der Waals surface area contributed by atoms with Gasteiger partial charge in [0.2, 0.25) is 0 Å². The lowest BCUT2D eigenvalue weighted by Gasteiger charge is -2.58. The number of likely N-dealkylation sites (tertiary alicyclic amines) is 1. The van der Waals surface area contributed by atoms with E-state index in [1.165, 1.54) is 56.2 Å². The second-order valence-electron chi connectivity index (χ2n) is 6.85. The molecule has 0 spiro atoms. The number of hydrogen-bond donors (Lipinski definition) is 1. The third kappa shape index (κ3) is 1.86. The van der Waals surface area contributed by atoms with Crippen LogP contribution in [0, 0.1) is 5.92 Å². The first-order valence-electron chi connectivity index (χ1n) is 7.73. The third-order valence-corrected chi connectivity index (χ3v) is 6.10. The summed E-state index contributed by atoms with van der Waals surface area (Å²) in [6, 6.07) is 6.85. The lowest BCUT2D eigenvalue weighted by Crippen LogP contribution is -2.59. The van der Waals surface area contributed by atoms with Gasteiger partial charge >= 0.3 is 0 Å². The standard InChI is InChI=1S/C17H23NO.BrH/c1-18-9-8-17-7-3-2-4-14(17)16(18)10-12-5-6-13(19)11-15(12)17;/h5-6,11,14,16,19H,2-4,7-10H2,1H3;1H. The molecule has 4 rings (SSSR count). The Morgan fingerprint density at radius 2 is 2.10 bits per heavy atom. The van der Waals surface area contributed by atoms with E-state index in [1.807, 2.05) is 6.07 Å². The maximum Gasteiger partial charge on any atom is 0.115 e. The number of piperidine rings is 1. The number of phenols is 1. The number of hydrogen-bond acceptors (Lipinski definition) is 2. The van der Waals surface area contributed by atoms with Gasteiger partial charge in [-0.2, -0.15) is 0 Å². The largest absolute Gasteiger partial charge is 0.508 e. The average molecular weight is 338 g/mol. The summed E-state index contributed by atoms with van der Waals surface area (Å²) < 4.78 is 0. The zero-order valence-electron chi connectivity index (χ0n) is 12.1. The van der Waals surface area contributed by atoms with Crippen molar-refractivity contribution < 1.29 is 5.11 Å². The van der Waals surface area contributed by atoms with Crippen molar-refractivity contribution in [3.05, 3.63) is 29.3 Å². The number of phenolic OH excluding ortho intramolecular Hbond substituents is 1. The lowest BCUT2D eigenvalue weighted by molar-refractivity contribution is 0.00274. The molecule has 0 aromatic heterocycles. The number of fused-ring (bicyclic) bond motifs is 1. The Balaban J connectivity index is 0.00000121. The minimum absolute atomic E-state index is 0. The predicted molar refractivity (Wildman–Crippen MR) is 86.8 cm³/mol. The molecule has 3 atom stereocenters. The average Bonchev–Trinajstić information content (AvgIpc) is 2.43. The Morgan fingerprint density at radius 3 is 2.95 bits per heavy atom. The van der Waals surface area contributed by atoms with Gasteiger partial charge in [0, 0.05) is 11.5 Å². The molecule has 3 unspecified atom stereocenters. The molecule has 110 valence electrons. The van der Waals surface area contributed by atoms with Crippen LogP contribution in [0.25, 0.3) is 0 Å². The van der Waals surface area contributed by atoms with Crippen LogP contribution in [0.1, 0.15) is 43.2 Å². The summed E-state index contributed by atoms with van der Waals surface area (Å²) in [4.78, 5) is 2.59. The first-order chi connectivity index (χ1) is 9.21. The highest BCUT2D eigenvalue weighted by Gasteiger charge is 2.52. The number of likely N-dealkylation sites (N-methyl/N-ethyl adjacent to an activating group) is 1. The van der Waals surface area contributed by atoms with Crippen LogP contribution in [0.3, 0.4) is 0 Å². The predicted octanol–water partition coefficient (Wildman–Crippen LogP) is 3.66. The molecule has 0 amide bonds. The molecule has 3 heteroatoms. The van der Waals surface area contributed by atoms with Crippen LogP contribution in [0.5, 0.6) is 5.75 Å². The minimum atomic E-state index is 0. The van der Waals surface area contributed by atoms with Gasteiger partial charge in [-0.05, 0) is 68.5 Å². The molecule has 2 fully saturated rings. The van der Waals surface area contributed by atoms with Gasteiger partial charge in [0.05, 0.1) is 0 Å². The van der Waals surface area contributed by atoms with Crippen LogP contribution in [0.2, 0.25) is 0 Å². The first-order valence-corrected chi connectivity index (χ1v) is 7.73. The minimum Gasteiger partial charge on any atom is -0.508 e. The smallest absolute Gasteiger partial charge is 0.115 e. The fraction of sp³-hybridized carbons (Fsp3) is 0.647. The maximum absolute atomic E-state index is 9.91. The van der Waals surface area contributed by atoms with Gasteiger partial charge in [-0.1, -0.05) is 18.9 Å². The second-order valence-corrected chi connectivity index (χ2v) is 6.85. The number of nitrogens with zero attached hydrogens (tertiary/aromatic N) is 1. The molecular formula is C17H24BrNO. The van der Waals surface area contributed by atoms with Crippen LogP contribution in [0.4, 0.5) is 0 Å². The van der Waals surface area contributed by atoms with Crippen molar-refractivity contribution in [2.75, 3.05) is 13.6 Å². The molecule has 1 aromatic rings. The summed E-state index contributed by atoms with van der Waals surface area (Å²) in [5, 5.41) is 9.91. The summed E-state index contributed by atoms with van der Waals surface area (Å²) >= 11 is 0. The Bertz CT molecular complexity index is 518. The normalized spacial score (nSPS) is 35.6. The summed E-state index contributed by atoms with van der Waals surface area (Å²) in [6.45, 7) is 1.22. The molecule has 1 heterocycles. The molecule has 2 aliphatic carbocycles. The van der Waals surface area contributed by atoms with E-state index in [0.717, 1.165) is 12.0 Å². The molecule has 1 aromatic carbocycles. The molecule has 1 N–H and O–H groups in total. The van der Waals surface area contributed by atoms with Crippen LogP contribution >= 0.6 is 17.0 Å². The zero-order valence-corrected chi connectivity index (χ0v) is 13.9. The number of benzene rings is 1. The Hall–Kier alpha value is -0.540. The van der Waals surface area contributed by atoms with Crippen molar-refractivity contribution in [1.29, 1.82) is 0 Å². The highest BCUT2D eigenvalue weighted by atomic mass is 79.9. The van der Waals surface area contributed by atoms with Crippen molar-refractivity contribution in [3.8, 4) is 5.75 Å². The van der Waals surface area contributed by atoms with Crippen molar-refractivity contribution in [2.45, 2.75) is 50.0 Å². The quantitative estimate of drug-likeness (QED) is 0.780.